The number of rotatable bonds is 10. The number of Topliss-reactive ketones (excluding diaryl/α,β-unsaturated/α-hetero) is 1. The first-order valence-corrected chi connectivity index (χ1v) is 16.1. The number of aliphatic hydroxyl groups excluding tert-OH is 1. The Hall–Kier alpha value is -4.58. The molecule has 51 heavy (non-hydrogen) atoms. The molecule has 1 heterocycles. The summed E-state index contributed by atoms with van der Waals surface area (Å²) >= 11 is 0. The Morgan fingerprint density at radius 1 is 1.08 bits per heavy atom. The van der Waals surface area contributed by atoms with Gasteiger partial charge in [-0.3, -0.25) is 24.0 Å². The predicted octanol–water partition coefficient (Wildman–Crippen LogP) is 2.46. The van der Waals surface area contributed by atoms with E-state index in [0.29, 0.717) is 12.8 Å². The van der Waals surface area contributed by atoms with E-state index in [0.717, 1.165) is 0 Å². The maximum atomic E-state index is 13.9. The lowest BCUT2D eigenvalue weighted by Crippen LogP contribution is -2.57. The number of phenolic OH excluding ortho intramolecular Hbond substituents is 2. The zero-order valence-electron chi connectivity index (χ0n) is 27.7. The van der Waals surface area contributed by atoms with Crippen LogP contribution in [-0.2, 0) is 35.0 Å². The van der Waals surface area contributed by atoms with Gasteiger partial charge in [-0.15, -0.1) is 0 Å². The third kappa shape index (κ3) is 7.02. The van der Waals surface area contributed by atoms with Gasteiger partial charge in [0.1, 0.15) is 29.0 Å². The molecule has 1 saturated heterocycles. The van der Waals surface area contributed by atoms with Crippen LogP contribution in [0.15, 0.2) is 18.2 Å². The van der Waals surface area contributed by atoms with Crippen molar-refractivity contribution >= 4 is 29.2 Å². The molecule has 6 atom stereocenters. The molecule has 2 aromatic rings. The molecule has 5 rings (SSSR count). The quantitative estimate of drug-likeness (QED) is 0.150. The fourth-order valence-electron chi connectivity index (χ4n) is 6.64. The second-order valence-corrected chi connectivity index (χ2v) is 12.7. The molecule has 5 N–H and O–H groups in total. The van der Waals surface area contributed by atoms with Crippen LogP contribution in [0, 0.1) is 0 Å². The van der Waals surface area contributed by atoms with Gasteiger partial charge in [0.15, 0.2) is 18.7 Å². The number of ether oxygens (including phenoxy) is 4. The molecule has 2 aromatic carbocycles. The number of hydrogen-bond acceptors (Lipinski definition) is 13. The second-order valence-electron chi connectivity index (χ2n) is 12.7. The molecule has 0 aromatic heterocycles. The van der Waals surface area contributed by atoms with Crippen molar-refractivity contribution in [3.8, 4) is 17.2 Å². The minimum Gasteiger partial charge on any atom is -0.507 e. The van der Waals surface area contributed by atoms with Crippen LogP contribution < -0.4 is 10.1 Å². The molecule has 276 valence electrons. The van der Waals surface area contributed by atoms with E-state index in [1.807, 2.05) is 6.92 Å². The predicted molar refractivity (Wildman–Crippen MR) is 165 cm³/mol. The number of halogens is 3. The molecule has 0 radical (unpaired) electrons. The number of phenols is 2. The van der Waals surface area contributed by atoms with Crippen LogP contribution in [0.3, 0.4) is 0 Å². The van der Waals surface area contributed by atoms with E-state index >= 15 is 0 Å². The summed E-state index contributed by atoms with van der Waals surface area (Å²) in [6.07, 6.45) is -12.3. The summed E-state index contributed by atoms with van der Waals surface area (Å²) in [4.78, 5) is 64.9. The van der Waals surface area contributed by atoms with Crippen LogP contribution in [0.4, 0.5) is 13.2 Å². The first-order chi connectivity index (χ1) is 23.9. The standard InChI is InChI=1S/C34H36F3NO13/c1-4-5-9-21(40)49-13-20(39)33(47)11-16-24(19(12-33)51-22-10-17(27(41)14(2)50-22)38-32(46)34(35,36)37)31(45)26-25(29(16)43)28(42)15-7-6-8-18(48-3)23(15)30(26)44/h6-8,14,17,19,22,27,41,43,45,47H,4-5,9-13H2,1-3H3,(H,38,46)/t14-,17+,19?,22+,27-,33?/m1/s1. The number of carbonyl (C=O) groups is 5. The molecular weight excluding hydrogens is 687 g/mol. The summed E-state index contributed by atoms with van der Waals surface area (Å²) in [5.41, 5.74) is -4.85. The van der Waals surface area contributed by atoms with Gasteiger partial charge >= 0.3 is 18.1 Å². The fraction of sp³-hybridized carbons (Fsp3) is 0.500. The summed E-state index contributed by atoms with van der Waals surface area (Å²) in [5, 5.41) is 47.2. The van der Waals surface area contributed by atoms with Crippen LogP contribution in [-0.4, -0.2) is 99.7 Å². The third-order valence-corrected chi connectivity index (χ3v) is 9.29. The highest BCUT2D eigenvalue weighted by Crippen LogP contribution is 2.52. The number of fused-ring (bicyclic) bond motifs is 3. The van der Waals surface area contributed by atoms with E-state index in [4.69, 9.17) is 18.9 Å². The molecule has 1 aliphatic heterocycles. The topological polar surface area (TPSA) is 215 Å². The molecule has 3 aliphatic rings. The molecule has 14 nitrogen and oxygen atoms in total. The first-order valence-electron chi connectivity index (χ1n) is 16.1. The van der Waals surface area contributed by atoms with Gasteiger partial charge in [0.2, 0.25) is 11.6 Å². The third-order valence-electron chi connectivity index (χ3n) is 9.29. The van der Waals surface area contributed by atoms with Crippen molar-refractivity contribution in [1.82, 2.24) is 5.32 Å². The van der Waals surface area contributed by atoms with Crippen molar-refractivity contribution in [2.75, 3.05) is 13.7 Å². The van der Waals surface area contributed by atoms with Crippen molar-refractivity contribution < 1.29 is 76.5 Å². The number of aromatic hydroxyl groups is 2. The first kappa shape index (κ1) is 37.7. The Bertz CT molecular complexity index is 1780. The molecule has 0 saturated carbocycles. The number of nitrogens with one attached hydrogen (secondary N) is 1. The molecular formula is C34H36F3NO13. The monoisotopic (exact) mass is 723 g/mol. The molecule has 2 aliphatic carbocycles. The molecule has 1 fully saturated rings. The summed E-state index contributed by atoms with van der Waals surface area (Å²) in [7, 11) is 1.25. The number of ketones is 3. The van der Waals surface area contributed by atoms with Crippen LogP contribution in [0.25, 0.3) is 0 Å². The Kier molecular flexibility index (Phi) is 10.5. The van der Waals surface area contributed by atoms with Gasteiger partial charge in [-0.1, -0.05) is 25.5 Å². The highest BCUT2D eigenvalue weighted by Gasteiger charge is 2.51. The highest BCUT2D eigenvalue weighted by molar-refractivity contribution is 6.31. The van der Waals surface area contributed by atoms with E-state index in [-0.39, 0.29) is 34.4 Å². The SMILES string of the molecule is CCCCC(=O)OCC(=O)C1(O)Cc2c(O)c3c(c(O)c2C(O[C@H]2C[C@H](NC(=O)C(F)(F)F)[C@H](O)[C@@H](C)O2)C1)C(=O)c1c(OC)cccc1C3=O. The van der Waals surface area contributed by atoms with E-state index in [9.17, 15) is 57.6 Å². The number of carbonyl (C=O) groups excluding carboxylic acids is 5. The van der Waals surface area contributed by atoms with Gasteiger partial charge in [0.05, 0.1) is 42.0 Å². The van der Waals surface area contributed by atoms with Crippen molar-refractivity contribution in [2.24, 2.45) is 0 Å². The van der Waals surface area contributed by atoms with E-state index in [1.54, 1.807) is 5.32 Å². The van der Waals surface area contributed by atoms with Crippen LogP contribution >= 0.6 is 0 Å². The van der Waals surface area contributed by atoms with Gasteiger partial charge in [-0.05, 0) is 19.4 Å². The smallest absolute Gasteiger partial charge is 0.471 e. The minimum absolute atomic E-state index is 0.00489. The zero-order valence-corrected chi connectivity index (χ0v) is 27.7. The Balaban J connectivity index is 1.58. The molecule has 1 amide bonds. The fourth-order valence-corrected chi connectivity index (χ4v) is 6.64. The summed E-state index contributed by atoms with van der Waals surface area (Å²) in [6, 6.07) is 2.58. The van der Waals surface area contributed by atoms with Crippen molar-refractivity contribution in [1.29, 1.82) is 0 Å². The van der Waals surface area contributed by atoms with E-state index in [1.165, 1.54) is 32.2 Å². The lowest BCUT2D eigenvalue weighted by molar-refractivity contribution is -0.250. The van der Waals surface area contributed by atoms with Crippen molar-refractivity contribution in [3.63, 3.8) is 0 Å². The highest BCUT2D eigenvalue weighted by atomic mass is 19.4. The van der Waals surface area contributed by atoms with Crippen LogP contribution in [0.1, 0.15) is 95.0 Å². The minimum atomic E-state index is -5.29. The summed E-state index contributed by atoms with van der Waals surface area (Å²) in [6.45, 7) is 2.21. The van der Waals surface area contributed by atoms with E-state index in [2.05, 4.69) is 0 Å². The van der Waals surface area contributed by atoms with Gasteiger partial charge < -0.3 is 44.7 Å². The number of unbranched alkanes of at least 4 members (excludes halogenated alkanes) is 1. The van der Waals surface area contributed by atoms with Crippen molar-refractivity contribution in [3.05, 3.63) is 51.6 Å². The second kappa shape index (κ2) is 14.2. The number of methoxy groups -OCH3 is 1. The van der Waals surface area contributed by atoms with Gasteiger partial charge in [-0.25, -0.2) is 0 Å². The number of hydrogen-bond donors (Lipinski definition) is 5. The average Bonchev–Trinajstić information content (AvgIpc) is 3.07. The Labute approximate surface area is 288 Å². The van der Waals surface area contributed by atoms with Crippen LogP contribution in [0.5, 0.6) is 17.2 Å². The van der Waals surface area contributed by atoms with Gasteiger partial charge in [-0.2, -0.15) is 13.2 Å². The lowest BCUT2D eigenvalue weighted by atomic mass is 9.72. The normalized spacial score (nSPS) is 25.7. The summed E-state index contributed by atoms with van der Waals surface area (Å²) in [5.74, 6) is -7.66. The van der Waals surface area contributed by atoms with Gasteiger partial charge in [0, 0.05) is 42.4 Å². The largest absolute Gasteiger partial charge is 0.507 e. The number of esters is 1. The van der Waals surface area contributed by atoms with Crippen molar-refractivity contribution in [2.45, 2.75) is 94.8 Å². The van der Waals surface area contributed by atoms with Gasteiger partial charge in [0.25, 0.3) is 0 Å². The maximum absolute atomic E-state index is 13.9. The maximum Gasteiger partial charge on any atom is 0.471 e. The number of aliphatic hydroxyl groups is 2. The summed E-state index contributed by atoms with van der Waals surface area (Å²) < 4.78 is 61.1. The number of amides is 1. The van der Waals surface area contributed by atoms with E-state index < -0.39 is 120 Å². The molecule has 17 heteroatoms. The van der Waals surface area contributed by atoms with Crippen LogP contribution in [0.2, 0.25) is 0 Å². The Morgan fingerprint density at radius 3 is 2.41 bits per heavy atom. The molecule has 0 spiro atoms. The zero-order chi connectivity index (χ0) is 37.6. The number of alkyl halides is 3. The average molecular weight is 724 g/mol. The molecule has 0 bridgehead atoms. The molecule has 2 unspecified atom stereocenters. The Morgan fingerprint density at radius 2 is 1.76 bits per heavy atom. The lowest BCUT2D eigenvalue weighted by Gasteiger charge is -2.43. The number of benzene rings is 2.